The van der Waals surface area contributed by atoms with Gasteiger partial charge in [-0.2, -0.15) is 0 Å². The Kier molecular flexibility index (Phi) is 9.01. The number of rotatable bonds is 6. The lowest BCUT2D eigenvalue weighted by atomic mass is 9.86. The van der Waals surface area contributed by atoms with Crippen molar-refractivity contribution in [1.82, 2.24) is 9.80 Å². The van der Waals surface area contributed by atoms with Gasteiger partial charge < -0.3 is 14.9 Å². The molecular weight excluding hydrogens is 336 g/mol. The van der Waals surface area contributed by atoms with Crippen LogP contribution < -0.4 is 0 Å². The number of amides is 1. The van der Waals surface area contributed by atoms with Crippen molar-refractivity contribution in [1.29, 1.82) is 0 Å². The predicted octanol–water partition coefficient (Wildman–Crippen LogP) is 3.80. The molecule has 0 bridgehead atoms. The molecule has 4 nitrogen and oxygen atoms in total. The standard InChI is InChI=1S/C20H30N2O2.ClH/c1-16-4-9-18(10-5-16)22(15-14-21(2)3)20(24)13-8-17-6-11-19(23)12-7-17;/h6-8,11-13,16,18,23H,4-5,9-10,14-15H2,1-3H3;1H/b13-8+;. The minimum absolute atomic E-state index is 0. The molecule has 0 atom stereocenters. The van der Waals surface area contributed by atoms with Crippen molar-refractivity contribution < 1.29 is 9.90 Å². The number of halogens is 1. The molecule has 1 saturated carbocycles. The van der Waals surface area contributed by atoms with Crippen molar-refractivity contribution >= 4 is 24.4 Å². The third-order valence-electron chi connectivity index (χ3n) is 4.81. The highest BCUT2D eigenvalue weighted by Crippen LogP contribution is 2.27. The van der Waals surface area contributed by atoms with E-state index in [-0.39, 0.29) is 24.1 Å². The zero-order valence-corrected chi connectivity index (χ0v) is 16.3. The summed E-state index contributed by atoms with van der Waals surface area (Å²) in [7, 11) is 4.08. The van der Waals surface area contributed by atoms with Crippen LogP contribution in [0.2, 0.25) is 0 Å². The molecule has 0 spiro atoms. The quantitative estimate of drug-likeness (QED) is 0.779. The molecule has 0 aromatic heterocycles. The molecule has 140 valence electrons. The first-order chi connectivity index (χ1) is 11.5. The second kappa shape index (κ2) is 10.5. The van der Waals surface area contributed by atoms with Crippen LogP contribution in [-0.2, 0) is 4.79 Å². The summed E-state index contributed by atoms with van der Waals surface area (Å²) >= 11 is 0. The van der Waals surface area contributed by atoms with Gasteiger partial charge in [0.2, 0.25) is 5.91 Å². The van der Waals surface area contributed by atoms with Crippen LogP contribution in [0.1, 0.15) is 38.2 Å². The SMILES string of the molecule is CC1CCC(N(CCN(C)C)C(=O)/C=C/c2ccc(O)cc2)CC1.Cl. The van der Waals surface area contributed by atoms with Gasteiger partial charge in [0.25, 0.3) is 0 Å². The summed E-state index contributed by atoms with van der Waals surface area (Å²) < 4.78 is 0. The van der Waals surface area contributed by atoms with E-state index in [9.17, 15) is 9.90 Å². The first kappa shape index (κ1) is 21.5. The molecule has 0 heterocycles. The van der Waals surface area contributed by atoms with Crippen molar-refractivity contribution in [3.05, 3.63) is 35.9 Å². The topological polar surface area (TPSA) is 43.8 Å². The van der Waals surface area contributed by atoms with Crippen molar-refractivity contribution in [3.8, 4) is 5.75 Å². The molecule has 0 saturated heterocycles. The van der Waals surface area contributed by atoms with Gasteiger partial charge in [-0.15, -0.1) is 12.4 Å². The summed E-state index contributed by atoms with van der Waals surface area (Å²) in [6, 6.07) is 7.25. The lowest BCUT2D eigenvalue weighted by molar-refractivity contribution is -0.129. The summed E-state index contributed by atoms with van der Waals surface area (Å²) in [5.41, 5.74) is 0.922. The molecule has 25 heavy (non-hydrogen) atoms. The average molecular weight is 367 g/mol. The number of likely N-dealkylation sites (N-methyl/N-ethyl adjacent to an activating group) is 1. The highest BCUT2D eigenvalue weighted by atomic mass is 35.5. The second-order valence-electron chi connectivity index (χ2n) is 7.17. The Morgan fingerprint density at radius 1 is 1.12 bits per heavy atom. The highest BCUT2D eigenvalue weighted by Gasteiger charge is 2.26. The fourth-order valence-electron chi connectivity index (χ4n) is 3.18. The third kappa shape index (κ3) is 7.09. The fourth-order valence-corrected chi connectivity index (χ4v) is 3.18. The number of benzene rings is 1. The molecule has 5 heteroatoms. The van der Waals surface area contributed by atoms with Gasteiger partial charge in [-0.3, -0.25) is 4.79 Å². The number of hydrogen-bond acceptors (Lipinski definition) is 3. The fraction of sp³-hybridized carbons (Fsp3) is 0.550. The monoisotopic (exact) mass is 366 g/mol. The minimum Gasteiger partial charge on any atom is -0.508 e. The zero-order valence-electron chi connectivity index (χ0n) is 15.5. The van der Waals surface area contributed by atoms with Gasteiger partial charge in [-0.25, -0.2) is 0 Å². The molecule has 1 aromatic carbocycles. The lowest BCUT2D eigenvalue weighted by Gasteiger charge is -2.36. The van der Waals surface area contributed by atoms with Crippen LogP contribution in [0.4, 0.5) is 0 Å². The van der Waals surface area contributed by atoms with Gasteiger partial charge >= 0.3 is 0 Å². The van der Waals surface area contributed by atoms with E-state index in [4.69, 9.17) is 0 Å². The minimum atomic E-state index is 0. The van der Waals surface area contributed by atoms with Gasteiger partial charge in [0.05, 0.1) is 0 Å². The summed E-state index contributed by atoms with van der Waals surface area (Å²) in [5.74, 6) is 1.10. The summed E-state index contributed by atoms with van der Waals surface area (Å²) in [5, 5.41) is 9.33. The van der Waals surface area contributed by atoms with Crippen LogP contribution in [0.5, 0.6) is 5.75 Å². The maximum atomic E-state index is 12.7. The van der Waals surface area contributed by atoms with Crippen molar-refractivity contribution in [2.45, 2.75) is 38.6 Å². The zero-order chi connectivity index (χ0) is 17.5. The summed E-state index contributed by atoms with van der Waals surface area (Å²) in [6.45, 7) is 3.95. The van der Waals surface area contributed by atoms with Crippen LogP contribution in [0.25, 0.3) is 6.08 Å². The molecule has 1 aromatic rings. The Bertz CT molecular complexity index is 549. The molecule has 1 aliphatic carbocycles. The first-order valence-electron chi connectivity index (χ1n) is 8.88. The first-order valence-corrected chi connectivity index (χ1v) is 8.88. The van der Waals surface area contributed by atoms with Crippen molar-refractivity contribution in [2.24, 2.45) is 5.92 Å². The molecule has 1 fully saturated rings. The van der Waals surface area contributed by atoms with Crippen LogP contribution in [0.3, 0.4) is 0 Å². The second-order valence-corrected chi connectivity index (χ2v) is 7.17. The van der Waals surface area contributed by atoms with Crippen LogP contribution in [0.15, 0.2) is 30.3 Å². The van der Waals surface area contributed by atoms with E-state index in [1.165, 1.54) is 12.8 Å². The van der Waals surface area contributed by atoms with Gasteiger partial charge in [-0.1, -0.05) is 19.1 Å². The summed E-state index contributed by atoms with van der Waals surface area (Å²) in [4.78, 5) is 16.9. The number of aromatic hydroxyl groups is 1. The lowest BCUT2D eigenvalue weighted by Crippen LogP contribution is -2.44. The number of phenols is 1. The van der Waals surface area contributed by atoms with E-state index in [0.29, 0.717) is 6.04 Å². The molecule has 0 aliphatic heterocycles. The Balaban J connectivity index is 0.00000312. The van der Waals surface area contributed by atoms with Gasteiger partial charge in [0.1, 0.15) is 5.75 Å². The van der Waals surface area contributed by atoms with Gasteiger partial charge in [0.15, 0.2) is 0 Å². The largest absolute Gasteiger partial charge is 0.508 e. The smallest absolute Gasteiger partial charge is 0.246 e. The molecule has 1 N–H and O–H groups in total. The van der Waals surface area contributed by atoms with E-state index < -0.39 is 0 Å². The number of carbonyl (C=O) groups excluding carboxylic acids is 1. The molecule has 0 radical (unpaired) electrons. The highest BCUT2D eigenvalue weighted by molar-refractivity contribution is 5.92. The van der Waals surface area contributed by atoms with E-state index in [1.807, 2.05) is 37.2 Å². The van der Waals surface area contributed by atoms with Crippen LogP contribution in [0, 0.1) is 5.92 Å². The number of carbonyl (C=O) groups is 1. The Labute approximate surface area is 157 Å². The Morgan fingerprint density at radius 3 is 2.28 bits per heavy atom. The molecule has 1 aliphatic rings. The van der Waals surface area contributed by atoms with Crippen molar-refractivity contribution in [3.63, 3.8) is 0 Å². The van der Waals surface area contributed by atoms with E-state index in [2.05, 4.69) is 11.8 Å². The van der Waals surface area contributed by atoms with Crippen molar-refractivity contribution in [2.75, 3.05) is 27.2 Å². The normalized spacial score (nSPS) is 20.5. The van der Waals surface area contributed by atoms with Gasteiger partial charge in [0, 0.05) is 25.2 Å². The van der Waals surface area contributed by atoms with Crippen LogP contribution >= 0.6 is 12.4 Å². The number of nitrogens with zero attached hydrogens (tertiary/aromatic N) is 2. The molecule has 1 amide bonds. The molecular formula is C20H31ClN2O2. The summed E-state index contributed by atoms with van der Waals surface area (Å²) in [6.07, 6.45) is 8.12. The maximum absolute atomic E-state index is 12.7. The number of hydrogen-bond donors (Lipinski definition) is 1. The van der Waals surface area contributed by atoms with E-state index in [0.717, 1.165) is 37.4 Å². The maximum Gasteiger partial charge on any atom is 0.246 e. The third-order valence-corrected chi connectivity index (χ3v) is 4.81. The van der Waals surface area contributed by atoms with Crippen LogP contribution in [-0.4, -0.2) is 54.0 Å². The van der Waals surface area contributed by atoms with Gasteiger partial charge in [-0.05, 0) is 69.5 Å². The van der Waals surface area contributed by atoms with E-state index >= 15 is 0 Å². The Morgan fingerprint density at radius 2 is 1.72 bits per heavy atom. The number of phenolic OH excluding ortho intramolecular Hbond substituents is 1. The molecule has 2 rings (SSSR count). The average Bonchev–Trinajstić information content (AvgIpc) is 2.56. The Hall–Kier alpha value is -1.52. The molecule has 0 unspecified atom stereocenters. The van der Waals surface area contributed by atoms with E-state index in [1.54, 1.807) is 18.2 Å². The predicted molar refractivity (Wildman–Crippen MR) is 106 cm³/mol.